The lowest BCUT2D eigenvalue weighted by Crippen LogP contribution is -2.14. The SMILES string of the molecule is CC1(C)c2ccccc2-c2cc3c(cc21)c1ccccc1n3-c1ccccc1-c1ccccc1-n1c2ccccc2c2cc3c(cc21)-c1ccccc1C3(C)C. The minimum Gasteiger partial charge on any atom is -0.309 e. The van der Waals surface area contributed by atoms with E-state index in [-0.39, 0.29) is 10.8 Å². The van der Waals surface area contributed by atoms with Crippen molar-refractivity contribution < 1.29 is 0 Å². The molecule has 2 aromatic heterocycles. The van der Waals surface area contributed by atoms with Crippen molar-refractivity contribution in [2.45, 2.75) is 38.5 Å². The van der Waals surface area contributed by atoms with E-state index in [9.17, 15) is 0 Å². The third-order valence-corrected chi connectivity index (χ3v) is 13.3. The van der Waals surface area contributed by atoms with Gasteiger partial charge >= 0.3 is 0 Å². The van der Waals surface area contributed by atoms with Crippen LogP contribution >= 0.6 is 0 Å². The first kappa shape index (κ1) is 31.7. The number of fused-ring (bicyclic) bond motifs is 12. The van der Waals surface area contributed by atoms with E-state index in [1.165, 1.54) is 111 Å². The summed E-state index contributed by atoms with van der Waals surface area (Å²) in [6.45, 7) is 9.49. The normalized spacial score (nSPS) is 14.7. The molecule has 0 atom stereocenters. The van der Waals surface area contributed by atoms with Crippen LogP contribution in [0, 0.1) is 0 Å². The van der Waals surface area contributed by atoms with Gasteiger partial charge in [-0.25, -0.2) is 0 Å². The average Bonchev–Trinajstić information content (AvgIpc) is 3.88. The molecule has 8 aromatic carbocycles. The van der Waals surface area contributed by atoms with Gasteiger partial charge in [-0.1, -0.05) is 149 Å². The fourth-order valence-electron chi connectivity index (χ4n) is 10.6. The van der Waals surface area contributed by atoms with E-state index in [0.29, 0.717) is 0 Å². The molecule has 10 aromatic rings. The minimum absolute atomic E-state index is 0.0690. The third-order valence-electron chi connectivity index (χ3n) is 13.3. The second-order valence-corrected chi connectivity index (χ2v) is 16.9. The highest BCUT2D eigenvalue weighted by molar-refractivity contribution is 6.13. The lowest BCUT2D eigenvalue weighted by Gasteiger charge is -2.22. The molecule has 2 nitrogen and oxygen atoms in total. The topological polar surface area (TPSA) is 9.86 Å². The molecule has 0 aliphatic heterocycles. The van der Waals surface area contributed by atoms with Gasteiger partial charge in [0.15, 0.2) is 0 Å². The van der Waals surface area contributed by atoms with Gasteiger partial charge in [0.2, 0.25) is 0 Å². The summed E-state index contributed by atoms with van der Waals surface area (Å²) in [7, 11) is 0. The van der Waals surface area contributed by atoms with E-state index in [2.05, 4.69) is 207 Å². The number of hydrogen-bond acceptors (Lipinski definition) is 0. The molecule has 0 N–H and O–H groups in total. The van der Waals surface area contributed by atoms with E-state index in [0.717, 1.165) is 0 Å². The first-order valence-electron chi connectivity index (χ1n) is 19.9. The second-order valence-electron chi connectivity index (χ2n) is 16.9. The Labute approximate surface area is 326 Å². The highest BCUT2D eigenvalue weighted by Gasteiger charge is 2.37. The number of hydrogen-bond donors (Lipinski definition) is 0. The molecular formula is C54H40N2. The zero-order valence-electron chi connectivity index (χ0n) is 32.1. The monoisotopic (exact) mass is 716 g/mol. The Kier molecular flexibility index (Phi) is 6.22. The highest BCUT2D eigenvalue weighted by Crippen LogP contribution is 2.53. The van der Waals surface area contributed by atoms with Crippen molar-refractivity contribution in [2.75, 3.05) is 0 Å². The maximum absolute atomic E-state index is 2.52. The maximum atomic E-state index is 2.52. The molecule has 0 saturated heterocycles. The maximum Gasteiger partial charge on any atom is 0.0547 e. The summed E-state index contributed by atoms with van der Waals surface area (Å²) in [5, 5.41) is 5.14. The summed E-state index contributed by atoms with van der Waals surface area (Å²) in [6.07, 6.45) is 0. The summed E-state index contributed by atoms with van der Waals surface area (Å²) in [6, 6.07) is 63.7. The largest absolute Gasteiger partial charge is 0.309 e. The molecule has 0 bridgehead atoms. The average molecular weight is 717 g/mol. The van der Waals surface area contributed by atoms with Crippen molar-refractivity contribution in [1.82, 2.24) is 9.13 Å². The van der Waals surface area contributed by atoms with Crippen LogP contribution in [0.15, 0.2) is 170 Å². The van der Waals surface area contributed by atoms with Gasteiger partial charge in [-0.15, -0.1) is 0 Å². The number of para-hydroxylation sites is 4. The molecule has 12 rings (SSSR count). The Bertz CT molecular complexity index is 3090. The van der Waals surface area contributed by atoms with Crippen LogP contribution < -0.4 is 0 Å². The molecule has 2 aliphatic carbocycles. The fraction of sp³-hybridized carbons (Fsp3) is 0.111. The molecule has 56 heavy (non-hydrogen) atoms. The van der Waals surface area contributed by atoms with Gasteiger partial charge in [-0.3, -0.25) is 0 Å². The van der Waals surface area contributed by atoms with Crippen LogP contribution in [-0.4, -0.2) is 9.13 Å². The van der Waals surface area contributed by atoms with Crippen LogP contribution in [0.5, 0.6) is 0 Å². The molecule has 2 heteroatoms. The van der Waals surface area contributed by atoms with Crippen molar-refractivity contribution in [3.63, 3.8) is 0 Å². The van der Waals surface area contributed by atoms with Gasteiger partial charge < -0.3 is 9.13 Å². The molecule has 266 valence electrons. The molecule has 0 unspecified atom stereocenters. The second kappa shape index (κ2) is 11.0. The van der Waals surface area contributed by atoms with Gasteiger partial charge in [-0.2, -0.15) is 0 Å². The fourth-order valence-corrected chi connectivity index (χ4v) is 10.6. The van der Waals surface area contributed by atoms with Crippen molar-refractivity contribution in [2.24, 2.45) is 0 Å². The Hall–Kier alpha value is -6.64. The van der Waals surface area contributed by atoms with Gasteiger partial charge in [0.25, 0.3) is 0 Å². The van der Waals surface area contributed by atoms with Crippen molar-refractivity contribution in [3.05, 3.63) is 192 Å². The lowest BCUT2D eigenvalue weighted by molar-refractivity contribution is 0.661. The van der Waals surface area contributed by atoms with Gasteiger partial charge in [-0.05, 0) is 93.0 Å². The van der Waals surface area contributed by atoms with Gasteiger partial charge in [0.05, 0.1) is 33.4 Å². The van der Waals surface area contributed by atoms with Crippen LogP contribution in [0.4, 0.5) is 0 Å². The van der Waals surface area contributed by atoms with E-state index in [1.807, 2.05) is 0 Å². The minimum atomic E-state index is -0.0690. The van der Waals surface area contributed by atoms with Gasteiger partial charge in [0, 0.05) is 43.5 Å². The summed E-state index contributed by atoms with van der Waals surface area (Å²) in [5.74, 6) is 0. The van der Waals surface area contributed by atoms with Crippen LogP contribution in [0.1, 0.15) is 49.9 Å². The number of nitrogens with zero attached hydrogens (tertiary/aromatic N) is 2. The summed E-state index contributed by atoms with van der Waals surface area (Å²) < 4.78 is 5.03. The van der Waals surface area contributed by atoms with Crippen molar-refractivity contribution >= 4 is 43.6 Å². The molecule has 0 spiro atoms. The zero-order chi connectivity index (χ0) is 37.5. The molecule has 2 heterocycles. The standard InChI is InChI=1S/C54H40N2/c1-53(2)43-23-11-5-17-33(43)39-31-51-41(29-45(39)53)37-21-9-15-27-49(37)55(51)47-25-13-7-19-35(47)36-20-8-14-26-48(36)56-50-28-16-10-22-38(50)42-30-46-40(32-52(42)56)34-18-6-12-24-44(34)54(46,3)4/h5-32H,1-4H3. The number of benzene rings is 8. The predicted octanol–water partition coefficient (Wildman–Crippen LogP) is 14.2. The van der Waals surface area contributed by atoms with E-state index in [4.69, 9.17) is 0 Å². The Morgan fingerprint density at radius 2 is 0.643 bits per heavy atom. The number of rotatable bonds is 3. The molecule has 0 radical (unpaired) electrons. The molecule has 2 aliphatic rings. The smallest absolute Gasteiger partial charge is 0.0547 e. The van der Waals surface area contributed by atoms with E-state index in [1.54, 1.807) is 0 Å². The Morgan fingerprint density at radius 1 is 0.286 bits per heavy atom. The summed E-state index contributed by atoms with van der Waals surface area (Å²) in [4.78, 5) is 0. The van der Waals surface area contributed by atoms with Crippen LogP contribution in [0.3, 0.4) is 0 Å². The van der Waals surface area contributed by atoms with E-state index >= 15 is 0 Å². The van der Waals surface area contributed by atoms with Crippen LogP contribution in [0.25, 0.3) is 88.4 Å². The molecule has 0 fully saturated rings. The number of aromatic nitrogens is 2. The molecule has 0 saturated carbocycles. The van der Waals surface area contributed by atoms with Crippen LogP contribution in [-0.2, 0) is 10.8 Å². The first-order chi connectivity index (χ1) is 27.3. The predicted molar refractivity (Wildman–Crippen MR) is 236 cm³/mol. The zero-order valence-corrected chi connectivity index (χ0v) is 32.1. The molecular weight excluding hydrogens is 677 g/mol. The quantitative estimate of drug-likeness (QED) is 0.172. The summed E-state index contributed by atoms with van der Waals surface area (Å²) in [5.41, 5.74) is 20.5. The third kappa shape index (κ3) is 4.01. The molecule has 0 amide bonds. The lowest BCUT2D eigenvalue weighted by atomic mass is 9.82. The first-order valence-corrected chi connectivity index (χ1v) is 19.9. The highest BCUT2D eigenvalue weighted by atomic mass is 15.0. The Balaban J connectivity index is 1.14. The van der Waals surface area contributed by atoms with Crippen molar-refractivity contribution in [3.8, 4) is 44.8 Å². The van der Waals surface area contributed by atoms with Gasteiger partial charge in [0.1, 0.15) is 0 Å². The van der Waals surface area contributed by atoms with Crippen molar-refractivity contribution in [1.29, 1.82) is 0 Å². The van der Waals surface area contributed by atoms with Crippen LogP contribution in [0.2, 0.25) is 0 Å². The summed E-state index contributed by atoms with van der Waals surface area (Å²) >= 11 is 0. The Morgan fingerprint density at radius 3 is 1.09 bits per heavy atom. The van der Waals surface area contributed by atoms with E-state index < -0.39 is 0 Å².